The van der Waals surface area contributed by atoms with E-state index in [9.17, 15) is 21.6 Å². The molecule has 2 rings (SSSR count). The van der Waals surface area contributed by atoms with Crippen LogP contribution in [0.15, 0.2) is 18.2 Å². The van der Waals surface area contributed by atoms with E-state index >= 15 is 4.39 Å². The zero-order chi connectivity index (χ0) is 27.6. The molecule has 36 heavy (non-hydrogen) atoms. The van der Waals surface area contributed by atoms with E-state index in [0.29, 0.717) is 0 Å². The van der Waals surface area contributed by atoms with Gasteiger partial charge in [-0.2, -0.15) is 21.6 Å². The number of fused-ring (bicyclic) bond motifs is 1. The van der Waals surface area contributed by atoms with E-state index in [0.717, 1.165) is 6.07 Å². The molecule has 0 heterocycles. The molecule has 2 aromatic carbocycles. The summed E-state index contributed by atoms with van der Waals surface area (Å²) in [6.45, 7) is 13.6. The molecule has 0 spiro atoms. The van der Waals surface area contributed by atoms with Crippen molar-refractivity contribution < 1.29 is 39.6 Å². The SMILES string of the molecule is COCOc1cc(OS(=O)(=O)C(F)(F)F)c2c(C#C[Si](C(C)C)(C(C)C)C(C)C)c(F)c(C)cc2c1. The average Bonchev–Trinajstić information content (AvgIpc) is 2.73. The Hall–Kier alpha value is -2.29. The van der Waals surface area contributed by atoms with Gasteiger partial charge in [-0.1, -0.05) is 47.5 Å². The zero-order valence-corrected chi connectivity index (χ0v) is 23.4. The maximum atomic E-state index is 15.5. The van der Waals surface area contributed by atoms with Crippen molar-refractivity contribution in [3.05, 3.63) is 35.1 Å². The fourth-order valence-corrected chi connectivity index (χ4v) is 10.4. The van der Waals surface area contributed by atoms with Crippen molar-refractivity contribution in [1.29, 1.82) is 0 Å². The van der Waals surface area contributed by atoms with Crippen LogP contribution in [0.1, 0.15) is 52.7 Å². The molecule has 0 saturated heterocycles. The molecule has 0 aromatic heterocycles. The largest absolute Gasteiger partial charge is 0.534 e. The van der Waals surface area contributed by atoms with Crippen LogP contribution in [0.2, 0.25) is 16.6 Å². The van der Waals surface area contributed by atoms with Crippen LogP contribution in [-0.2, 0) is 14.9 Å². The molecule has 0 unspecified atom stereocenters. The molecule has 0 aliphatic heterocycles. The van der Waals surface area contributed by atoms with Gasteiger partial charge in [-0.05, 0) is 46.6 Å². The van der Waals surface area contributed by atoms with E-state index in [1.807, 2.05) is 0 Å². The lowest BCUT2D eigenvalue weighted by atomic mass is 9.99. The van der Waals surface area contributed by atoms with Crippen molar-refractivity contribution in [2.75, 3.05) is 13.9 Å². The molecule has 200 valence electrons. The van der Waals surface area contributed by atoms with Crippen LogP contribution >= 0.6 is 0 Å². The fraction of sp³-hybridized carbons (Fsp3) is 0.520. The molecule has 0 amide bonds. The first kappa shape index (κ1) is 29.9. The van der Waals surface area contributed by atoms with Crippen LogP contribution in [0.3, 0.4) is 0 Å². The molecule has 0 radical (unpaired) electrons. The zero-order valence-electron chi connectivity index (χ0n) is 21.6. The van der Waals surface area contributed by atoms with Crippen LogP contribution in [0, 0.1) is 24.2 Å². The van der Waals surface area contributed by atoms with Gasteiger partial charge in [0.1, 0.15) is 19.6 Å². The molecular weight excluding hydrogens is 516 g/mol. The standard InChI is InChI=1S/C25H32F4O5SSi/c1-15(2)36(16(3)4,17(5)6)10-9-21-23-19(11-18(7)24(21)26)12-20(33-14-32-8)13-22(23)34-35(30,31)25(27,28)29/h11-13,15-17H,14H2,1-8H3. The van der Waals surface area contributed by atoms with Gasteiger partial charge in [0.15, 0.2) is 12.5 Å². The number of benzene rings is 2. The Kier molecular flexibility index (Phi) is 9.14. The number of aryl methyl sites for hydroxylation is 1. The number of methoxy groups -OCH3 is 1. The Bertz CT molecular complexity index is 1250. The average molecular weight is 549 g/mol. The van der Waals surface area contributed by atoms with E-state index in [2.05, 4.69) is 57.2 Å². The van der Waals surface area contributed by atoms with E-state index in [4.69, 9.17) is 9.47 Å². The van der Waals surface area contributed by atoms with Gasteiger partial charge in [-0.3, -0.25) is 0 Å². The smallest absolute Gasteiger partial charge is 0.467 e. The van der Waals surface area contributed by atoms with E-state index in [-0.39, 0.29) is 51.1 Å². The third kappa shape index (κ3) is 5.81. The summed E-state index contributed by atoms with van der Waals surface area (Å²) in [7, 11) is -7.08. The summed E-state index contributed by atoms with van der Waals surface area (Å²) in [4.78, 5) is 0. The van der Waals surface area contributed by atoms with Crippen molar-refractivity contribution in [3.8, 4) is 23.0 Å². The van der Waals surface area contributed by atoms with Crippen LogP contribution in [-0.4, -0.2) is 35.9 Å². The second-order valence-electron chi connectivity index (χ2n) is 9.58. The highest BCUT2D eigenvalue weighted by Crippen LogP contribution is 2.42. The lowest BCUT2D eigenvalue weighted by Gasteiger charge is -2.38. The summed E-state index contributed by atoms with van der Waals surface area (Å²) in [5.74, 6) is 1.42. The minimum Gasteiger partial charge on any atom is -0.467 e. The van der Waals surface area contributed by atoms with Crippen molar-refractivity contribution in [3.63, 3.8) is 0 Å². The molecule has 0 saturated carbocycles. The summed E-state index contributed by atoms with van der Waals surface area (Å²) in [5, 5.41) is 0.0347. The predicted molar refractivity (Wildman–Crippen MR) is 135 cm³/mol. The first-order chi connectivity index (χ1) is 16.5. The molecule has 0 aliphatic carbocycles. The third-order valence-corrected chi connectivity index (χ3v) is 13.6. The minimum atomic E-state index is -6.05. The van der Waals surface area contributed by atoms with Crippen LogP contribution in [0.4, 0.5) is 17.6 Å². The highest BCUT2D eigenvalue weighted by Gasteiger charge is 2.49. The highest BCUT2D eigenvalue weighted by atomic mass is 32.2. The quantitative estimate of drug-likeness (QED) is 0.0882. The monoisotopic (exact) mass is 548 g/mol. The van der Waals surface area contributed by atoms with Gasteiger partial charge in [0.25, 0.3) is 0 Å². The second kappa shape index (κ2) is 11.0. The predicted octanol–water partition coefficient (Wildman–Crippen LogP) is 7.07. The maximum Gasteiger partial charge on any atom is 0.534 e. The van der Waals surface area contributed by atoms with Gasteiger partial charge >= 0.3 is 15.6 Å². The van der Waals surface area contributed by atoms with Crippen LogP contribution in [0.25, 0.3) is 10.8 Å². The molecular formula is C25H32F4O5SSi. The Labute approximate surface area is 211 Å². The summed E-state index contributed by atoms with van der Waals surface area (Å²) in [6, 6.07) is 3.78. The third-order valence-electron chi connectivity index (χ3n) is 6.39. The molecule has 0 N–H and O–H groups in total. The lowest BCUT2D eigenvalue weighted by Crippen LogP contribution is -2.43. The summed E-state index contributed by atoms with van der Waals surface area (Å²) in [5.41, 5.74) is -1.74. The van der Waals surface area contributed by atoms with E-state index in [1.165, 1.54) is 26.2 Å². The summed E-state index contributed by atoms with van der Waals surface area (Å²) >= 11 is 0. The van der Waals surface area contributed by atoms with E-state index < -0.39 is 35.3 Å². The first-order valence-electron chi connectivity index (χ1n) is 11.4. The molecule has 0 bridgehead atoms. The molecule has 0 fully saturated rings. The van der Waals surface area contributed by atoms with Gasteiger partial charge < -0.3 is 13.7 Å². The molecule has 0 atom stereocenters. The number of hydrogen-bond acceptors (Lipinski definition) is 5. The minimum absolute atomic E-state index is 0.0168. The van der Waals surface area contributed by atoms with Gasteiger partial charge in [0.2, 0.25) is 0 Å². The topological polar surface area (TPSA) is 61.8 Å². The van der Waals surface area contributed by atoms with Gasteiger partial charge in [0, 0.05) is 18.6 Å². The Morgan fingerprint density at radius 3 is 2.03 bits per heavy atom. The summed E-state index contributed by atoms with van der Waals surface area (Å²) in [6.07, 6.45) is 0. The van der Waals surface area contributed by atoms with Crippen molar-refractivity contribution in [2.45, 2.75) is 70.6 Å². The normalized spacial score (nSPS) is 12.9. The Balaban J connectivity index is 2.99. The molecule has 5 nitrogen and oxygen atoms in total. The number of hydrogen-bond donors (Lipinski definition) is 0. The lowest BCUT2D eigenvalue weighted by molar-refractivity contribution is -0.0499. The molecule has 2 aromatic rings. The Morgan fingerprint density at radius 1 is 1.00 bits per heavy atom. The van der Waals surface area contributed by atoms with Crippen molar-refractivity contribution in [1.82, 2.24) is 0 Å². The van der Waals surface area contributed by atoms with E-state index in [1.54, 1.807) is 0 Å². The van der Waals surface area contributed by atoms with Crippen LogP contribution in [0.5, 0.6) is 11.5 Å². The molecule has 11 heteroatoms. The maximum absolute atomic E-state index is 15.5. The Morgan fingerprint density at radius 2 is 1.56 bits per heavy atom. The molecule has 0 aliphatic rings. The number of rotatable bonds is 8. The van der Waals surface area contributed by atoms with Crippen molar-refractivity contribution in [2.24, 2.45) is 0 Å². The van der Waals surface area contributed by atoms with Gasteiger partial charge in [0.05, 0.1) is 5.56 Å². The fourth-order valence-electron chi connectivity index (χ4n) is 4.76. The van der Waals surface area contributed by atoms with Crippen molar-refractivity contribution >= 4 is 29.0 Å². The van der Waals surface area contributed by atoms with Crippen LogP contribution < -0.4 is 8.92 Å². The van der Waals surface area contributed by atoms with Gasteiger partial charge in [-0.15, -0.1) is 5.54 Å². The number of halogens is 4. The second-order valence-corrected chi connectivity index (χ2v) is 16.7. The summed E-state index contributed by atoms with van der Waals surface area (Å²) < 4.78 is 93.5. The number of ether oxygens (including phenoxy) is 2. The van der Waals surface area contributed by atoms with Gasteiger partial charge in [-0.25, -0.2) is 4.39 Å². The first-order valence-corrected chi connectivity index (χ1v) is 15.1. The highest BCUT2D eigenvalue weighted by molar-refractivity contribution is 7.88. The number of alkyl halides is 3.